The molecule has 0 unspecified atom stereocenters. The van der Waals surface area contributed by atoms with Crippen molar-refractivity contribution in [2.75, 3.05) is 5.73 Å². The Bertz CT molecular complexity index is 584. The van der Waals surface area contributed by atoms with Crippen molar-refractivity contribution in [3.05, 3.63) is 35.5 Å². The smallest absolute Gasteiger partial charge is 0.184 e. The van der Waals surface area contributed by atoms with Gasteiger partial charge in [0.15, 0.2) is 17.5 Å². The van der Waals surface area contributed by atoms with Gasteiger partial charge in [-0.15, -0.1) is 5.10 Å². The van der Waals surface area contributed by atoms with Gasteiger partial charge in [-0.2, -0.15) is 0 Å². The summed E-state index contributed by atoms with van der Waals surface area (Å²) in [5.74, 6) is -1.68. The highest BCUT2D eigenvalue weighted by molar-refractivity contribution is 5.45. The summed E-state index contributed by atoms with van der Waals surface area (Å²) < 4.78 is 28.2. The van der Waals surface area contributed by atoms with Crippen LogP contribution in [0.5, 0.6) is 0 Å². The van der Waals surface area contributed by atoms with Crippen LogP contribution in [0.15, 0.2) is 18.2 Å². The Kier molecular flexibility index (Phi) is 2.80. The van der Waals surface area contributed by atoms with Gasteiger partial charge >= 0.3 is 0 Å². The molecule has 0 aliphatic rings. The summed E-state index contributed by atoms with van der Waals surface area (Å²) in [6.45, 7) is 5.70. The fourth-order valence-electron chi connectivity index (χ4n) is 1.82. The summed E-state index contributed by atoms with van der Waals surface area (Å²) in [6.07, 6.45) is 0. The van der Waals surface area contributed by atoms with E-state index in [4.69, 9.17) is 5.73 Å². The fraction of sp³-hybridized carbons (Fsp3) is 0.333. The van der Waals surface area contributed by atoms with Crippen LogP contribution in [-0.4, -0.2) is 15.0 Å². The van der Waals surface area contributed by atoms with Crippen LogP contribution in [0.1, 0.15) is 26.5 Å². The molecule has 0 saturated carbocycles. The van der Waals surface area contributed by atoms with Gasteiger partial charge in [0.2, 0.25) is 0 Å². The molecule has 0 amide bonds. The molecule has 96 valence electrons. The molecule has 6 heteroatoms. The molecule has 2 N–H and O–H groups in total. The highest BCUT2D eigenvalue weighted by atomic mass is 19.2. The van der Waals surface area contributed by atoms with E-state index in [1.54, 1.807) is 0 Å². The SMILES string of the molecule is CC(C)(C)c1c(N)nnn1-c1cccc(F)c1F. The minimum absolute atomic E-state index is 0.00382. The van der Waals surface area contributed by atoms with E-state index in [9.17, 15) is 8.78 Å². The molecule has 0 saturated heterocycles. The first-order valence-electron chi connectivity index (χ1n) is 5.48. The molecule has 2 aromatic rings. The Morgan fingerprint density at radius 3 is 2.50 bits per heavy atom. The highest BCUT2D eigenvalue weighted by Gasteiger charge is 2.26. The van der Waals surface area contributed by atoms with E-state index >= 15 is 0 Å². The van der Waals surface area contributed by atoms with Gasteiger partial charge in [0.25, 0.3) is 0 Å². The van der Waals surface area contributed by atoms with Crippen molar-refractivity contribution >= 4 is 5.82 Å². The number of halogens is 2. The second-order valence-corrected chi connectivity index (χ2v) is 5.06. The third kappa shape index (κ3) is 1.94. The fourth-order valence-corrected chi connectivity index (χ4v) is 1.82. The van der Waals surface area contributed by atoms with Gasteiger partial charge in [0, 0.05) is 5.41 Å². The second kappa shape index (κ2) is 4.04. The van der Waals surface area contributed by atoms with Gasteiger partial charge in [-0.3, -0.25) is 0 Å². The minimum atomic E-state index is -0.965. The molecular formula is C12H14F2N4. The van der Waals surface area contributed by atoms with Gasteiger partial charge in [-0.1, -0.05) is 32.1 Å². The van der Waals surface area contributed by atoms with Gasteiger partial charge in [0.05, 0.1) is 5.69 Å². The number of aromatic nitrogens is 3. The molecule has 0 atom stereocenters. The number of nitrogens with zero attached hydrogens (tertiary/aromatic N) is 3. The van der Waals surface area contributed by atoms with Gasteiger partial charge in [0.1, 0.15) is 5.69 Å². The molecule has 0 bridgehead atoms. The van der Waals surface area contributed by atoms with Crippen molar-refractivity contribution in [3.8, 4) is 5.69 Å². The number of hydrogen-bond donors (Lipinski definition) is 1. The Hall–Kier alpha value is -1.98. The predicted molar refractivity (Wildman–Crippen MR) is 64.4 cm³/mol. The second-order valence-electron chi connectivity index (χ2n) is 5.06. The molecule has 0 spiro atoms. The molecule has 1 aromatic carbocycles. The maximum Gasteiger partial charge on any atom is 0.184 e. The molecule has 0 fully saturated rings. The average molecular weight is 252 g/mol. The van der Waals surface area contributed by atoms with Crippen LogP contribution < -0.4 is 5.73 Å². The molecule has 1 aromatic heterocycles. The molecule has 2 rings (SSSR count). The topological polar surface area (TPSA) is 56.7 Å². The zero-order valence-electron chi connectivity index (χ0n) is 10.4. The maximum absolute atomic E-state index is 13.8. The molecule has 18 heavy (non-hydrogen) atoms. The zero-order chi connectivity index (χ0) is 13.5. The quantitative estimate of drug-likeness (QED) is 0.848. The summed E-state index contributed by atoms with van der Waals surface area (Å²) in [5, 5.41) is 7.52. The lowest BCUT2D eigenvalue weighted by Crippen LogP contribution is -2.20. The lowest BCUT2D eigenvalue weighted by atomic mass is 9.91. The maximum atomic E-state index is 13.8. The first-order valence-corrected chi connectivity index (χ1v) is 5.48. The molecular weight excluding hydrogens is 238 g/mol. The highest BCUT2D eigenvalue weighted by Crippen LogP contribution is 2.29. The number of anilines is 1. The van der Waals surface area contributed by atoms with Crippen LogP contribution in [0.4, 0.5) is 14.6 Å². The van der Waals surface area contributed by atoms with Crippen LogP contribution in [0, 0.1) is 11.6 Å². The van der Waals surface area contributed by atoms with Gasteiger partial charge < -0.3 is 5.73 Å². The van der Waals surface area contributed by atoms with Crippen molar-refractivity contribution in [1.82, 2.24) is 15.0 Å². The number of hydrogen-bond acceptors (Lipinski definition) is 3. The average Bonchev–Trinajstić information content (AvgIpc) is 2.64. The molecule has 4 nitrogen and oxygen atoms in total. The van der Waals surface area contributed by atoms with E-state index in [2.05, 4.69) is 10.3 Å². The summed E-state index contributed by atoms with van der Waals surface area (Å²) in [7, 11) is 0. The lowest BCUT2D eigenvalue weighted by molar-refractivity contribution is 0.489. The van der Waals surface area contributed by atoms with Gasteiger partial charge in [-0.05, 0) is 12.1 Å². The summed E-state index contributed by atoms with van der Waals surface area (Å²) in [6, 6.07) is 3.90. The number of nitrogen functional groups attached to an aromatic ring is 1. The molecule has 1 heterocycles. The monoisotopic (exact) mass is 252 g/mol. The Morgan fingerprint density at radius 1 is 1.22 bits per heavy atom. The van der Waals surface area contributed by atoms with E-state index in [1.807, 2.05) is 20.8 Å². The summed E-state index contributed by atoms with van der Waals surface area (Å²) >= 11 is 0. The third-order valence-corrected chi connectivity index (χ3v) is 2.57. The van der Waals surface area contributed by atoms with Crippen LogP contribution >= 0.6 is 0 Å². The van der Waals surface area contributed by atoms with E-state index < -0.39 is 11.6 Å². The Labute approximate surface area is 103 Å². The Morgan fingerprint density at radius 2 is 1.89 bits per heavy atom. The normalized spacial score (nSPS) is 11.8. The van der Waals surface area contributed by atoms with Crippen LogP contribution in [0.3, 0.4) is 0 Å². The number of nitrogens with two attached hydrogens (primary N) is 1. The molecule has 0 radical (unpaired) electrons. The molecule has 0 aliphatic carbocycles. The summed E-state index contributed by atoms with van der Waals surface area (Å²) in [4.78, 5) is 0. The van der Waals surface area contributed by atoms with Crippen molar-refractivity contribution < 1.29 is 8.78 Å². The summed E-state index contributed by atoms with van der Waals surface area (Å²) in [5.41, 5.74) is 5.91. The molecule has 0 aliphatic heterocycles. The van der Waals surface area contributed by atoms with E-state index in [0.29, 0.717) is 5.69 Å². The first kappa shape index (κ1) is 12.5. The van der Waals surface area contributed by atoms with E-state index in [0.717, 1.165) is 6.07 Å². The largest absolute Gasteiger partial charge is 0.381 e. The van der Waals surface area contributed by atoms with E-state index in [-0.39, 0.29) is 16.9 Å². The van der Waals surface area contributed by atoms with Crippen LogP contribution in [0.2, 0.25) is 0 Å². The van der Waals surface area contributed by atoms with Crippen LogP contribution in [0.25, 0.3) is 5.69 Å². The van der Waals surface area contributed by atoms with E-state index in [1.165, 1.54) is 16.8 Å². The first-order chi connectivity index (χ1) is 8.32. The number of rotatable bonds is 1. The lowest BCUT2D eigenvalue weighted by Gasteiger charge is -2.20. The standard InChI is InChI=1S/C12H14F2N4/c1-12(2,3)10-11(15)16-17-18(10)8-6-4-5-7(13)9(8)14/h4-6H,15H2,1-3H3. The number of benzene rings is 1. The van der Waals surface area contributed by atoms with Crippen LogP contribution in [-0.2, 0) is 5.41 Å². The predicted octanol–water partition coefficient (Wildman–Crippen LogP) is 2.43. The zero-order valence-corrected chi connectivity index (χ0v) is 10.4. The van der Waals surface area contributed by atoms with Crippen molar-refractivity contribution in [1.29, 1.82) is 0 Å². The van der Waals surface area contributed by atoms with Crippen molar-refractivity contribution in [2.45, 2.75) is 26.2 Å². The third-order valence-electron chi connectivity index (χ3n) is 2.57. The van der Waals surface area contributed by atoms with Crippen molar-refractivity contribution in [2.24, 2.45) is 0 Å². The minimum Gasteiger partial charge on any atom is -0.381 e. The Balaban J connectivity index is 2.70. The van der Waals surface area contributed by atoms with Gasteiger partial charge in [-0.25, -0.2) is 13.5 Å². The van der Waals surface area contributed by atoms with Crippen molar-refractivity contribution in [3.63, 3.8) is 0 Å².